The van der Waals surface area contributed by atoms with Crippen LogP contribution in [0.4, 0.5) is 11.6 Å². The van der Waals surface area contributed by atoms with Gasteiger partial charge in [-0.2, -0.15) is 4.98 Å². The van der Waals surface area contributed by atoms with E-state index < -0.39 is 11.4 Å². The van der Waals surface area contributed by atoms with Gasteiger partial charge >= 0.3 is 11.4 Å². The van der Waals surface area contributed by atoms with Crippen molar-refractivity contribution in [2.45, 2.75) is 13.3 Å². The molecule has 33 heavy (non-hydrogen) atoms. The summed E-state index contributed by atoms with van der Waals surface area (Å²) in [7, 11) is 1.40. The molecule has 0 fully saturated rings. The van der Waals surface area contributed by atoms with E-state index in [1.807, 2.05) is 6.07 Å². The Morgan fingerprint density at radius 3 is 2.39 bits per heavy atom. The quantitative estimate of drug-likeness (QED) is 0.424. The molecule has 10 heteroatoms. The van der Waals surface area contributed by atoms with E-state index in [9.17, 15) is 9.59 Å². The number of benzene rings is 2. The molecule has 0 amide bonds. The van der Waals surface area contributed by atoms with Gasteiger partial charge in [-0.3, -0.25) is 4.57 Å². The van der Waals surface area contributed by atoms with E-state index in [0.717, 1.165) is 10.1 Å². The molecule has 0 saturated heterocycles. The van der Waals surface area contributed by atoms with Gasteiger partial charge in [0, 0.05) is 30.1 Å². The zero-order valence-electron chi connectivity index (χ0n) is 17.6. The lowest BCUT2D eigenvalue weighted by molar-refractivity contribution is 0.121. The molecule has 0 saturated carbocycles. The minimum atomic E-state index is -0.716. The van der Waals surface area contributed by atoms with Crippen LogP contribution in [0.15, 0.2) is 82.5 Å². The fraction of sp³-hybridized carbons (Fsp3) is 0.130. The van der Waals surface area contributed by atoms with Crippen molar-refractivity contribution in [3.05, 3.63) is 104 Å². The number of ether oxygens (including phenoxy) is 2. The Labute approximate surface area is 193 Å². The second-order valence-corrected chi connectivity index (χ2v) is 7.41. The Hall–Kier alpha value is -3.95. The first kappa shape index (κ1) is 22.3. The van der Waals surface area contributed by atoms with Gasteiger partial charge in [-0.1, -0.05) is 29.8 Å². The van der Waals surface area contributed by atoms with E-state index in [1.165, 1.54) is 11.7 Å². The number of pyridine rings is 1. The molecule has 1 N–H and O–H groups in total. The summed E-state index contributed by atoms with van der Waals surface area (Å²) in [6, 6.07) is 19.4. The van der Waals surface area contributed by atoms with Gasteiger partial charge in [-0.05, 0) is 48.0 Å². The third-order valence-corrected chi connectivity index (χ3v) is 4.88. The van der Waals surface area contributed by atoms with Crippen molar-refractivity contribution in [3.63, 3.8) is 0 Å². The molecule has 0 bridgehead atoms. The van der Waals surface area contributed by atoms with Crippen LogP contribution in [0.3, 0.4) is 0 Å². The molecular formula is C23H20ClN5O4. The summed E-state index contributed by atoms with van der Waals surface area (Å²) in [6.45, 7) is -0.0265. The fourth-order valence-electron chi connectivity index (χ4n) is 3.04. The van der Waals surface area contributed by atoms with Gasteiger partial charge in [0.05, 0.1) is 6.54 Å². The van der Waals surface area contributed by atoms with Gasteiger partial charge in [-0.25, -0.2) is 19.1 Å². The van der Waals surface area contributed by atoms with Gasteiger partial charge < -0.3 is 14.8 Å². The number of anilines is 2. The molecule has 0 aliphatic heterocycles. The first-order valence-corrected chi connectivity index (χ1v) is 10.3. The van der Waals surface area contributed by atoms with Crippen molar-refractivity contribution < 1.29 is 9.47 Å². The summed E-state index contributed by atoms with van der Waals surface area (Å²) in [5, 5.41) is 3.63. The van der Waals surface area contributed by atoms with Gasteiger partial charge in [0.25, 0.3) is 0 Å². The monoisotopic (exact) mass is 465 g/mol. The number of rotatable bonds is 8. The number of hydrogen-bond donors (Lipinski definition) is 1. The van der Waals surface area contributed by atoms with E-state index in [-0.39, 0.29) is 19.2 Å². The van der Waals surface area contributed by atoms with Crippen LogP contribution in [0.1, 0.15) is 5.56 Å². The first-order chi connectivity index (χ1) is 16.0. The number of methoxy groups -OCH3 is 1. The highest BCUT2D eigenvalue weighted by Gasteiger charge is 2.14. The molecule has 168 valence electrons. The maximum Gasteiger partial charge on any atom is 0.356 e. The summed E-state index contributed by atoms with van der Waals surface area (Å²) in [4.78, 5) is 33.6. The highest BCUT2D eigenvalue weighted by molar-refractivity contribution is 6.30. The van der Waals surface area contributed by atoms with Crippen LogP contribution in [-0.2, 0) is 18.0 Å². The third kappa shape index (κ3) is 5.46. The summed E-state index contributed by atoms with van der Waals surface area (Å²) >= 11 is 5.97. The average molecular weight is 466 g/mol. The molecular weight excluding hydrogens is 446 g/mol. The summed E-state index contributed by atoms with van der Waals surface area (Å²) in [5.41, 5.74) is 0.160. The molecule has 2 aromatic carbocycles. The van der Waals surface area contributed by atoms with Crippen molar-refractivity contribution in [1.82, 2.24) is 19.1 Å². The molecule has 0 aliphatic rings. The molecule has 0 unspecified atom stereocenters. The maximum atomic E-state index is 13.0. The third-order valence-electron chi connectivity index (χ3n) is 4.63. The summed E-state index contributed by atoms with van der Waals surface area (Å²) < 4.78 is 13.0. The van der Waals surface area contributed by atoms with Crippen LogP contribution in [0.25, 0.3) is 0 Å². The molecule has 9 nitrogen and oxygen atoms in total. The van der Waals surface area contributed by atoms with Crippen LogP contribution in [0, 0.1) is 0 Å². The number of aromatic nitrogens is 4. The topological polar surface area (TPSA) is 100 Å². The molecule has 0 radical (unpaired) electrons. The Kier molecular flexibility index (Phi) is 6.82. The Bertz CT molecular complexity index is 1340. The number of hydrogen-bond acceptors (Lipinski definition) is 7. The zero-order valence-corrected chi connectivity index (χ0v) is 18.4. The lowest BCUT2D eigenvalue weighted by atomic mass is 10.2. The molecule has 0 aliphatic carbocycles. The SMILES string of the molecule is COCn1c(=O)nc(Nc2ccc(Oc3ccccn3)cc2)n(Cc2ccc(Cl)cc2)c1=O. The van der Waals surface area contributed by atoms with Gasteiger partial charge in [0.2, 0.25) is 11.8 Å². The maximum absolute atomic E-state index is 13.0. The van der Waals surface area contributed by atoms with Crippen molar-refractivity contribution in [2.24, 2.45) is 0 Å². The Morgan fingerprint density at radius 2 is 1.73 bits per heavy atom. The standard InChI is InChI=1S/C23H20ClN5O4/c1-32-15-29-22(30)27-21(28(23(29)31)14-16-5-7-17(24)8-6-16)26-18-9-11-19(12-10-18)33-20-4-2-3-13-25-20/h2-13H,14-15H2,1H3,(H,26,27,30). The van der Waals surface area contributed by atoms with Gasteiger partial charge in [-0.15, -0.1) is 0 Å². The van der Waals surface area contributed by atoms with E-state index in [1.54, 1.807) is 66.9 Å². The lowest BCUT2D eigenvalue weighted by Crippen LogP contribution is -2.43. The molecule has 2 aromatic heterocycles. The van der Waals surface area contributed by atoms with E-state index >= 15 is 0 Å². The van der Waals surface area contributed by atoms with Gasteiger partial charge in [0.1, 0.15) is 12.5 Å². The summed E-state index contributed by atoms with van der Waals surface area (Å²) in [6.07, 6.45) is 1.64. The predicted molar refractivity (Wildman–Crippen MR) is 124 cm³/mol. The largest absolute Gasteiger partial charge is 0.439 e. The van der Waals surface area contributed by atoms with Crippen molar-refractivity contribution in [1.29, 1.82) is 0 Å². The number of nitrogens with zero attached hydrogens (tertiary/aromatic N) is 4. The van der Waals surface area contributed by atoms with Crippen LogP contribution in [0.5, 0.6) is 11.6 Å². The normalized spacial score (nSPS) is 10.7. The van der Waals surface area contributed by atoms with Crippen LogP contribution in [0.2, 0.25) is 5.02 Å². The lowest BCUT2D eigenvalue weighted by Gasteiger charge is -2.15. The summed E-state index contributed by atoms with van der Waals surface area (Å²) in [5.74, 6) is 1.16. The van der Waals surface area contributed by atoms with Crippen molar-refractivity contribution in [3.8, 4) is 11.6 Å². The molecule has 0 atom stereocenters. The molecule has 4 aromatic rings. The Morgan fingerprint density at radius 1 is 0.970 bits per heavy atom. The minimum absolute atomic E-state index is 0.102. The average Bonchev–Trinajstić information content (AvgIpc) is 2.82. The van der Waals surface area contributed by atoms with Gasteiger partial charge in [0.15, 0.2) is 0 Å². The van der Waals surface area contributed by atoms with E-state index in [0.29, 0.717) is 22.3 Å². The van der Waals surface area contributed by atoms with Crippen LogP contribution in [-0.4, -0.2) is 26.2 Å². The van der Waals surface area contributed by atoms with Crippen LogP contribution < -0.4 is 21.4 Å². The van der Waals surface area contributed by atoms with Crippen molar-refractivity contribution in [2.75, 3.05) is 12.4 Å². The number of nitrogens with one attached hydrogen (secondary N) is 1. The number of halogens is 1. The Balaban J connectivity index is 1.64. The molecule has 0 spiro atoms. The first-order valence-electron chi connectivity index (χ1n) is 9.94. The molecule has 4 rings (SSSR count). The minimum Gasteiger partial charge on any atom is -0.439 e. The molecule has 2 heterocycles. The van der Waals surface area contributed by atoms with E-state index in [4.69, 9.17) is 21.1 Å². The fourth-order valence-corrected chi connectivity index (χ4v) is 3.17. The highest BCUT2D eigenvalue weighted by atomic mass is 35.5. The predicted octanol–water partition coefficient (Wildman–Crippen LogP) is 3.64. The highest BCUT2D eigenvalue weighted by Crippen LogP contribution is 2.22. The van der Waals surface area contributed by atoms with Crippen LogP contribution >= 0.6 is 11.6 Å². The second-order valence-electron chi connectivity index (χ2n) is 6.98. The van der Waals surface area contributed by atoms with E-state index in [2.05, 4.69) is 15.3 Å². The second kappa shape index (κ2) is 10.1. The smallest absolute Gasteiger partial charge is 0.356 e. The zero-order chi connectivity index (χ0) is 23.2. The van der Waals surface area contributed by atoms with Crippen molar-refractivity contribution >= 4 is 23.2 Å².